The summed E-state index contributed by atoms with van der Waals surface area (Å²) < 4.78 is 13.9. The highest BCUT2D eigenvalue weighted by Gasteiger charge is 2.43. The van der Waals surface area contributed by atoms with Gasteiger partial charge in [0.15, 0.2) is 23.1 Å². The van der Waals surface area contributed by atoms with E-state index >= 15 is 0 Å². The molecule has 188 valence electrons. The van der Waals surface area contributed by atoms with Crippen molar-refractivity contribution in [3.63, 3.8) is 0 Å². The van der Waals surface area contributed by atoms with E-state index in [1.165, 1.54) is 0 Å². The van der Waals surface area contributed by atoms with Crippen molar-refractivity contribution in [2.24, 2.45) is 0 Å². The molecule has 2 aliphatic carbocycles. The molecule has 2 aromatic rings. The molecule has 3 aliphatic rings. The Hall–Kier alpha value is -2.13. The summed E-state index contributed by atoms with van der Waals surface area (Å²) >= 11 is 5.74. The molecule has 2 aromatic carbocycles. The average molecular weight is 662 g/mol. The zero-order valence-electron chi connectivity index (χ0n) is 20.5. The third-order valence-electron chi connectivity index (χ3n) is 7.28. The normalized spacial score (nSPS) is 18.4. The highest BCUT2D eigenvalue weighted by Crippen LogP contribution is 2.50. The largest absolute Gasteiger partial charge is 0.493 e. The van der Waals surface area contributed by atoms with Gasteiger partial charge in [-0.05, 0) is 90.6 Å². The van der Waals surface area contributed by atoms with Crippen molar-refractivity contribution in [2.75, 3.05) is 13.7 Å². The predicted molar refractivity (Wildman–Crippen MR) is 151 cm³/mol. The minimum absolute atomic E-state index is 0.161. The number of carbonyl (C=O) groups is 2. The number of ketones is 2. The van der Waals surface area contributed by atoms with Gasteiger partial charge in [0.05, 0.1) is 10.7 Å². The molecule has 0 spiro atoms. The van der Waals surface area contributed by atoms with Crippen LogP contribution in [0.15, 0.2) is 63.4 Å². The second kappa shape index (κ2) is 10.7. The molecule has 0 amide bonds. The Morgan fingerprint density at radius 3 is 2.14 bits per heavy atom. The number of methoxy groups -OCH3 is 1. The summed E-state index contributed by atoms with van der Waals surface area (Å²) in [5, 5.41) is 0. The molecule has 0 saturated heterocycles. The molecular weight excluding hydrogens is 633 g/mol. The molecule has 0 saturated carbocycles. The summed E-state index contributed by atoms with van der Waals surface area (Å²) in [4.78, 5) is 29.0. The molecule has 0 radical (unpaired) electrons. The number of ether oxygens (including phenoxy) is 2. The van der Waals surface area contributed by atoms with E-state index in [-0.39, 0.29) is 17.5 Å². The van der Waals surface area contributed by atoms with Gasteiger partial charge in [-0.2, -0.15) is 0 Å². The lowest BCUT2D eigenvalue weighted by atomic mass is 9.71. The van der Waals surface area contributed by atoms with Gasteiger partial charge in [-0.3, -0.25) is 9.59 Å². The van der Waals surface area contributed by atoms with Crippen molar-refractivity contribution in [2.45, 2.75) is 58.0 Å². The fourth-order valence-electron chi connectivity index (χ4n) is 5.71. The van der Waals surface area contributed by atoms with Gasteiger partial charge >= 0.3 is 0 Å². The van der Waals surface area contributed by atoms with E-state index in [9.17, 15) is 9.59 Å². The van der Waals surface area contributed by atoms with E-state index in [0.29, 0.717) is 30.9 Å². The van der Waals surface area contributed by atoms with E-state index in [4.69, 9.17) is 9.47 Å². The van der Waals surface area contributed by atoms with Crippen LogP contribution >= 0.6 is 38.5 Å². The van der Waals surface area contributed by atoms with Gasteiger partial charge in [-0.1, -0.05) is 28.1 Å². The van der Waals surface area contributed by atoms with Gasteiger partial charge in [-0.15, -0.1) is 0 Å². The van der Waals surface area contributed by atoms with E-state index in [2.05, 4.69) is 56.4 Å². The number of rotatable bonds is 6. The molecule has 7 heteroatoms. The van der Waals surface area contributed by atoms with Crippen LogP contribution in [0.1, 0.15) is 62.5 Å². The lowest BCUT2D eigenvalue weighted by Crippen LogP contribution is -2.39. The first-order chi connectivity index (χ1) is 17.4. The highest BCUT2D eigenvalue weighted by molar-refractivity contribution is 14.1. The summed E-state index contributed by atoms with van der Waals surface area (Å²) in [6, 6.07) is 12.0. The number of benzene rings is 2. The molecule has 0 aromatic heterocycles. The molecule has 0 N–H and O–H groups in total. The second-order valence-electron chi connectivity index (χ2n) is 9.40. The van der Waals surface area contributed by atoms with Crippen molar-refractivity contribution in [1.29, 1.82) is 0 Å². The van der Waals surface area contributed by atoms with Crippen LogP contribution in [0.25, 0.3) is 0 Å². The van der Waals surface area contributed by atoms with Crippen LogP contribution in [0.5, 0.6) is 11.5 Å². The van der Waals surface area contributed by atoms with Gasteiger partial charge in [0.25, 0.3) is 0 Å². The molecule has 0 unspecified atom stereocenters. The maximum absolute atomic E-state index is 13.4. The van der Waals surface area contributed by atoms with Crippen molar-refractivity contribution in [3.8, 4) is 11.5 Å². The minimum atomic E-state index is -0.346. The molecule has 1 aliphatic heterocycles. The van der Waals surface area contributed by atoms with Gasteiger partial charge in [0.1, 0.15) is 6.61 Å². The Bertz CT molecular complexity index is 1240. The Balaban J connectivity index is 1.59. The van der Waals surface area contributed by atoms with Gasteiger partial charge < -0.3 is 14.4 Å². The maximum atomic E-state index is 13.4. The lowest BCUT2D eigenvalue weighted by molar-refractivity contribution is -0.117. The first-order valence-corrected chi connectivity index (χ1v) is 14.3. The number of carbonyl (C=O) groups excluding carboxylic acids is 2. The van der Waals surface area contributed by atoms with Crippen molar-refractivity contribution >= 4 is 50.1 Å². The SMILES string of the molecule is CCN1C2=C(C(=O)CCC2)C(c2cc(I)c(OCc3ccc(Br)cc3)c(OC)c2)C2=C1CCCC2=O. The Kier molecular flexibility index (Phi) is 7.58. The minimum Gasteiger partial charge on any atom is -0.493 e. The number of Topliss-reactive ketones (excluding diaryl/α,β-unsaturated/α-hetero) is 2. The topological polar surface area (TPSA) is 55.8 Å². The van der Waals surface area contributed by atoms with Crippen molar-refractivity contribution in [3.05, 3.63) is 78.1 Å². The third kappa shape index (κ3) is 4.64. The molecule has 0 atom stereocenters. The Morgan fingerprint density at radius 1 is 0.972 bits per heavy atom. The van der Waals surface area contributed by atoms with Crippen molar-refractivity contribution in [1.82, 2.24) is 4.90 Å². The van der Waals surface area contributed by atoms with Gasteiger partial charge in [-0.25, -0.2) is 0 Å². The summed E-state index contributed by atoms with van der Waals surface area (Å²) in [7, 11) is 1.63. The number of allylic oxidation sites excluding steroid dienone is 4. The first kappa shape index (κ1) is 25.5. The average Bonchev–Trinajstić information content (AvgIpc) is 2.87. The van der Waals surface area contributed by atoms with E-state index in [1.807, 2.05) is 30.3 Å². The summed E-state index contributed by atoms with van der Waals surface area (Å²) in [6.07, 6.45) is 4.54. The van der Waals surface area contributed by atoms with Gasteiger partial charge in [0.2, 0.25) is 0 Å². The number of halogens is 2. The van der Waals surface area contributed by atoms with Crippen LogP contribution in [-0.2, 0) is 16.2 Å². The van der Waals surface area contributed by atoms with Crippen LogP contribution in [0.2, 0.25) is 0 Å². The van der Waals surface area contributed by atoms with E-state index in [1.54, 1.807) is 7.11 Å². The maximum Gasteiger partial charge on any atom is 0.174 e. The summed E-state index contributed by atoms with van der Waals surface area (Å²) in [5.41, 5.74) is 5.80. The molecule has 0 fully saturated rings. The zero-order valence-corrected chi connectivity index (χ0v) is 24.3. The number of nitrogens with zero attached hydrogens (tertiary/aromatic N) is 1. The molecule has 36 heavy (non-hydrogen) atoms. The van der Waals surface area contributed by atoms with E-state index in [0.717, 1.165) is 73.9 Å². The lowest BCUT2D eigenvalue weighted by Gasteiger charge is -2.43. The van der Waals surface area contributed by atoms with E-state index < -0.39 is 0 Å². The predicted octanol–water partition coefficient (Wildman–Crippen LogP) is 7.07. The van der Waals surface area contributed by atoms with Gasteiger partial charge in [0, 0.05) is 52.3 Å². The van der Waals surface area contributed by atoms with Crippen LogP contribution in [0.4, 0.5) is 0 Å². The quantitative estimate of drug-likeness (QED) is 0.310. The summed E-state index contributed by atoms with van der Waals surface area (Å²) in [5.74, 6) is 1.26. The second-order valence-corrected chi connectivity index (χ2v) is 11.5. The highest BCUT2D eigenvalue weighted by atomic mass is 127. The number of hydrogen-bond acceptors (Lipinski definition) is 5. The zero-order chi connectivity index (χ0) is 25.4. The van der Waals surface area contributed by atoms with Crippen LogP contribution in [0, 0.1) is 3.57 Å². The number of hydrogen-bond donors (Lipinski definition) is 0. The third-order valence-corrected chi connectivity index (χ3v) is 8.61. The monoisotopic (exact) mass is 661 g/mol. The van der Waals surface area contributed by atoms with Crippen LogP contribution < -0.4 is 9.47 Å². The molecular formula is C29H29BrINO4. The standard InChI is InChI=1S/C29H29BrINO4/c1-3-32-21-6-4-8-23(33)27(21)26(28-22(32)7-5-9-24(28)34)18-14-20(31)29(25(15-18)35-2)36-16-17-10-12-19(30)13-11-17/h10-15,26H,3-9,16H2,1-2H3. The molecule has 1 heterocycles. The fraction of sp³-hybridized carbons (Fsp3) is 0.379. The smallest absolute Gasteiger partial charge is 0.174 e. The first-order valence-electron chi connectivity index (χ1n) is 12.5. The van der Waals surface area contributed by atoms with Crippen molar-refractivity contribution < 1.29 is 19.1 Å². The molecule has 5 nitrogen and oxygen atoms in total. The van der Waals surface area contributed by atoms with Crippen LogP contribution in [0.3, 0.4) is 0 Å². The Labute approximate surface area is 234 Å². The fourth-order valence-corrected chi connectivity index (χ4v) is 6.76. The Morgan fingerprint density at radius 2 is 1.58 bits per heavy atom. The molecule has 0 bridgehead atoms. The summed E-state index contributed by atoms with van der Waals surface area (Å²) in [6.45, 7) is 3.29. The molecule has 5 rings (SSSR count). The van der Waals surface area contributed by atoms with Crippen LogP contribution in [-0.4, -0.2) is 30.1 Å².